The van der Waals surface area contributed by atoms with E-state index >= 15 is 0 Å². The summed E-state index contributed by atoms with van der Waals surface area (Å²) in [5, 5.41) is 0. The van der Waals surface area contributed by atoms with Crippen LogP contribution in [0.25, 0.3) is 0 Å². The van der Waals surface area contributed by atoms with Gasteiger partial charge >= 0.3 is 0 Å². The van der Waals surface area contributed by atoms with Gasteiger partial charge in [-0.2, -0.15) is 4.31 Å². The SMILES string of the molecule is O=C(c1ccc(S(=O)(=O)N2CCOCC2)cc1)N1CCC2(CCc3ccccc3O2)CC1. The average Bonchev–Trinajstić information content (AvgIpc) is 2.85. The molecule has 3 aliphatic rings. The number of rotatable bonds is 3. The number of para-hydroxylation sites is 1. The molecule has 0 aliphatic carbocycles. The number of sulfonamides is 1. The fraction of sp³-hybridized carbons (Fsp3) is 0.458. The molecule has 2 aromatic carbocycles. The first-order chi connectivity index (χ1) is 15.5. The molecule has 3 heterocycles. The minimum atomic E-state index is -3.56. The fourth-order valence-corrected chi connectivity index (χ4v) is 6.22. The monoisotopic (exact) mass is 456 g/mol. The van der Waals surface area contributed by atoms with Crippen molar-refractivity contribution in [1.82, 2.24) is 9.21 Å². The minimum Gasteiger partial charge on any atom is -0.487 e. The van der Waals surface area contributed by atoms with Crippen molar-refractivity contribution < 1.29 is 22.7 Å². The Morgan fingerprint density at radius 1 is 0.875 bits per heavy atom. The average molecular weight is 457 g/mol. The summed E-state index contributed by atoms with van der Waals surface area (Å²) in [6.07, 6.45) is 3.58. The highest BCUT2D eigenvalue weighted by molar-refractivity contribution is 7.89. The molecule has 2 aromatic rings. The van der Waals surface area contributed by atoms with Gasteiger partial charge in [-0.25, -0.2) is 8.42 Å². The van der Waals surface area contributed by atoms with E-state index in [0.717, 1.165) is 31.4 Å². The molecule has 0 aromatic heterocycles. The van der Waals surface area contributed by atoms with Gasteiger partial charge in [0.05, 0.1) is 18.1 Å². The van der Waals surface area contributed by atoms with Crippen LogP contribution in [-0.4, -0.2) is 68.5 Å². The number of hydrogen-bond donors (Lipinski definition) is 0. The molecule has 8 heteroatoms. The lowest BCUT2D eigenvalue weighted by Gasteiger charge is -2.44. The number of benzene rings is 2. The molecular weight excluding hydrogens is 428 g/mol. The number of carbonyl (C=O) groups is 1. The molecule has 0 saturated carbocycles. The third-order valence-electron chi connectivity index (χ3n) is 6.82. The maximum atomic E-state index is 13.0. The van der Waals surface area contributed by atoms with E-state index in [1.807, 2.05) is 23.1 Å². The van der Waals surface area contributed by atoms with Crippen LogP contribution in [-0.2, 0) is 21.2 Å². The summed E-state index contributed by atoms with van der Waals surface area (Å²) >= 11 is 0. The molecule has 3 aliphatic heterocycles. The van der Waals surface area contributed by atoms with Crippen molar-refractivity contribution in [2.24, 2.45) is 0 Å². The van der Waals surface area contributed by atoms with Gasteiger partial charge < -0.3 is 14.4 Å². The summed E-state index contributed by atoms with van der Waals surface area (Å²) in [6.45, 7) is 2.78. The molecule has 1 spiro atoms. The summed E-state index contributed by atoms with van der Waals surface area (Å²) in [5.41, 5.74) is 1.57. The summed E-state index contributed by atoms with van der Waals surface area (Å²) in [7, 11) is -3.56. The number of likely N-dealkylation sites (tertiary alicyclic amines) is 1. The van der Waals surface area contributed by atoms with Crippen LogP contribution in [0.4, 0.5) is 0 Å². The van der Waals surface area contributed by atoms with Crippen molar-refractivity contribution in [3.05, 3.63) is 59.7 Å². The van der Waals surface area contributed by atoms with Crippen molar-refractivity contribution in [3.8, 4) is 5.75 Å². The van der Waals surface area contributed by atoms with Gasteiger partial charge in [-0.15, -0.1) is 0 Å². The Hall–Kier alpha value is -2.42. The molecule has 7 nitrogen and oxygen atoms in total. The van der Waals surface area contributed by atoms with E-state index in [4.69, 9.17) is 9.47 Å². The zero-order valence-corrected chi connectivity index (χ0v) is 18.9. The van der Waals surface area contributed by atoms with Gasteiger partial charge in [-0.05, 0) is 48.7 Å². The minimum absolute atomic E-state index is 0.0635. The summed E-state index contributed by atoms with van der Waals surface area (Å²) in [5.74, 6) is 0.905. The normalized spacial score (nSPS) is 21.1. The molecule has 32 heavy (non-hydrogen) atoms. The highest BCUT2D eigenvalue weighted by Crippen LogP contribution is 2.39. The number of hydrogen-bond acceptors (Lipinski definition) is 5. The zero-order chi connectivity index (χ0) is 22.2. The Morgan fingerprint density at radius 3 is 2.28 bits per heavy atom. The van der Waals surface area contributed by atoms with Crippen molar-refractivity contribution in [2.75, 3.05) is 39.4 Å². The molecule has 1 amide bonds. The van der Waals surface area contributed by atoms with E-state index < -0.39 is 10.0 Å². The predicted octanol–water partition coefficient (Wildman–Crippen LogP) is 2.71. The standard InChI is InChI=1S/C24H28N2O5S/c27-23(20-5-7-21(8-6-20)32(28,29)26-15-17-30-18-16-26)25-13-11-24(12-14-25)10-9-19-3-1-2-4-22(19)31-24/h1-8H,9-18H2. The summed E-state index contributed by atoms with van der Waals surface area (Å²) < 4.78 is 38.6. The van der Waals surface area contributed by atoms with Gasteiger partial charge in [0.25, 0.3) is 5.91 Å². The molecule has 0 unspecified atom stereocenters. The molecule has 0 atom stereocenters. The number of piperidine rings is 1. The van der Waals surface area contributed by atoms with Crippen LogP contribution in [0, 0.1) is 0 Å². The maximum absolute atomic E-state index is 13.0. The van der Waals surface area contributed by atoms with Gasteiger partial charge in [0.1, 0.15) is 11.4 Å². The third kappa shape index (κ3) is 4.02. The number of ether oxygens (including phenoxy) is 2. The van der Waals surface area contributed by atoms with Gasteiger partial charge in [-0.3, -0.25) is 4.79 Å². The van der Waals surface area contributed by atoms with Crippen molar-refractivity contribution in [1.29, 1.82) is 0 Å². The topological polar surface area (TPSA) is 76.2 Å². The lowest BCUT2D eigenvalue weighted by Crippen LogP contribution is -2.51. The second-order valence-electron chi connectivity index (χ2n) is 8.73. The Morgan fingerprint density at radius 2 is 1.56 bits per heavy atom. The van der Waals surface area contributed by atoms with E-state index in [0.29, 0.717) is 45.0 Å². The number of amides is 1. The molecule has 2 fully saturated rings. The van der Waals surface area contributed by atoms with Crippen LogP contribution in [0.15, 0.2) is 53.4 Å². The summed E-state index contributed by atoms with van der Waals surface area (Å²) in [4.78, 5) is 15.1. The van der Waals surface area contributed by atoms with Gasteiger partial charge in [0, 0.05) is 44.6 Å². The Balaban J connectivity index is 1.23. The van der Waals surface area contributed by atoms with Gasteiger partial charge in [0.15, 0.2) is 0 Å². The van der Waals surface area contributed by atoms with Crippen LogP contribution in [0.5, 0.6) is 5.75 Å². The first-order valence-corrected chi connectivity index (χ1v) is 12.7. The molecule has 5 rings (SSSR count). The lowest BCUT2D eigenvalue weighted by atomic mass is 9.83. The van der Waals surface area contributed by atoms with Crippen molar-refractivity contribution in [2.45, 2.75) is 36.2 Å². The molecule has 0 N–H and O–H groups in total. The molecule has 2 saturated heterocycles. The smallest absolute Gasteiger partial charge is 0.253 e. The third-order valence-corrected chi connectivity index (χ3v) is 8.73. The van der Waals surface area contributed by atoms with Crippen LogP contribution in [0.2, 0.25) is 0 Å². The Kier molecular flexibility index (Phi) is 5.69. The highest BCUT2D eigenvalue weighted by atomic mass is 32.2. The number of morpholine rings is 1. The number of nitrogens with zero attached hydrogens (tertiary/aromatic N) is 2. The predicted molar refractivity (Wildman–Crippen MR) is 119 cm³/mol. The Labute approximate surface area is 189 Å². The van der Waals surface area contributed by atoms with Crippen LogP contribution in [0.3, 0.4) is 0 Å². The van der Waals surface area contributed by atoms with Gasteiger partial charge in [-0.1, -0.05) is 18.2 Å². The Bertz CT molecular complexity index is 1090. The molecule has 0 bridgehead atoms. The van der Waals surface area contributed by atoms with E-state index in [-0.39, 0.29) is 16.4 Å². The quantitative estimate of drug-likeness (QED) is 0.710. The van der Waals surface area contributed by atoms with E-state index in [2.05, 4.69) is 6.07 Å². The van der Waals surface area contributed by atoms with E-state index in [1.165, 1.54) is 22.0 Å². The second-order valence-corrected chi connectivity index (χ2v) is 10.7. The van der Waals surface area contributed by atoms with Crippen molar-refractivity contribution >= 4 is 15.9 Å². The molecule has 170 valence electrons. The number of carbonyl (C=O) groups excluding carboxylic acids is 1. The maximum Gasteiger partial charge on any atom is 0.253 e. The second kappa shape index (κ2) is 8.50. The number of fused-ring (bicyclic) bond motifs is 1. The molecular formula is C24H28N2O5S. The zero-order valence-electron chi connectivity index (χ0n) is 18.0. The first-order valence-electron chi connectivity index (χ1n) is 11.2. The first kappa shape index (κ1) is 21.4. The van der Waals surface area contributed by atoms with Crippen LogP contribution < -0.4 is 4.74 Å². The largest absolute Gasteiger partial charge is 0.487 e. The van der Waals surface area contributed by atoms with Crippen molar-refractivity contribution in [3.63, 3.8) is 0 Å². The van der Waals surface area contributed by atoms with Crippen LogP contribution >= 0.6 is 0 Å². The van der Waals surface area contributed by atoms with Gasteiger partial charge in [0.2, 0.25) is 10.0 Å². The number of aryl methyl sites for hydroxylation is 1. The summed E-state index contributed by atoms with van der Waals surface area (Å²) in [6, 6.07) is 14.5. The highest BCUT2D eigenvalue weighted by Gasteiger charge is 2.40. The fourth-order valence-electron chi connectivity index (χ4n) is 4.81. The van der Waals surface area contributed by atoms with Crippen LogP contribution in [0.1, 0.15) is 35.2 Å². The molecule has 0 radical (unpaired) electrons. The van der Waals surface area contributed by atoms with E-state index in [1.54, 1.807) is 12.1 Å². The van der Waals surface area contributed by atoms with E-state index in [9.17, 15) is 13.2 Å². The lowest BCUT2D eigenvalue weighted by molar-refractivity contribution is -0.0106.